The molecule has 0 radical (unpaired) electrons. The van der Waals surface area contributed by atoms with Gasteiger partial charge in [-0.25, -0.2) is 4.98 Å². The summed E-state index contributed by atoms with van der Waals surface area (Å²) in [7, 11) is 0. The molecular weight excluding hydrogens is 334 g/mol. The predicted octanol–water partition coefficient (Wildman–Crippen LogP) is 2.98. The number of rotatable bonds is 6. The van der Waals surface area contributed by atoms with Crippen LogP contribution in [0.3, 0.4) is 0 Å². The Labute approximate surface area is 141 Å². The number of aromatic nitrogens is 4. The number of halogens is 1. The lowest BCUT2D eigenvalue weighted by Crippen LogP contribution is -2.13. The molecule has 2 aromatic heterocycles. The van der Waals surface area contributed by atoms with Crippen molar-refractivity contribution in [3.05, 3.63) is 40.4 Å². The van der Waals surface area contributed by atoms with Crippen LogP contribution in [0.15, 0.2) is 29.6 Å². The predicted molar refractivity (Wildman–Crippen MR) is 90.6 cm³/mol. The van der Waals surface area contributed by atoms with E-state index in [9.17, 15) is 0 Å². The Morgan fingerprint density at radius 2 is 1.96 bits per heavy atom. The summed E-state index contributed by atoms with van der Waals surface area (Å²) in [6, 6.07) is 9.52. The van der Waals surface area contributed by atoms with E-state index in [0.29, 0.717) is 23.0 Å². The van der Waals surface area contributed by atoms with Crippen molar-refractivity contribution in [2.24, 2.45) is 0 Å². The molecule has 7 nitrogen and oxygen atoms in total. The molecule has 0 fully saturated rings. The Morgan fingerprint density at radius 3 is 2.74 bits per heavy atom. The van der Waals surface area contributed by atoms with Crippen molar-refractivity contribution in [3.63, 3.8) is 0 Å². The van der Waals surface area contributed by atoms with Crippen LogP contribution in [-0.2, 0) is 0 Å². The standard InChI is InChI=1S/C14H12ClN7S/c15-9-1-3-10(4-2-9)17-5-6-18-14-19-12(8-23-14)13-11(7-16)20-22-21-13/h1-4,8,17H,5-6H2,(H,18,19)(H,20,21,22). The molecule has 3 N–H and O–H groups in total. The molecule has 0 bridgehead atoms. The minimum atomic E-state index is 0.242. The van der Waals surface area contributed by atoms with Crippen LogP contribution in [0, 0.1) is 11.3 Å². The molecule has 3 aromatic rings. The van der Waals surface area contributed by atoms with E-state index in [1.165, 1.54) is 11.3 Å². The molecule has 23 heavy (non-hydrogen) atoms. The van der Waals surface area contributed by atoms with Crippen LogP contribution < -0.4 is 10.6 Å². The maximum atomic E-state index is 8.95. The lowest BCUT2D eigenvalue weighted by molar-refractivity contribution is 0.936. The quantitative estimate of drug-likeness (QED) is 0.593. The van der Waals surface area contributed by atoms with Gasteiger partial charge in [0.1, 0.15) is 17.5 Å². The van der Waals surface area contributed by atoms with Crippen LogP contribution >= 0.6 is 22.9 Å². The van der Waals surface area contributed by atoms with Crippen molar-refractivity contribution in [1.82, 2.24) is 20.4 Å². The van der Waals surface area contributed by atoms with Gasteiger partial charge in [-0.05, 0) is 24.3 Å². The van der Waals surface area contributed by atoms with E-state index in [0.717, 1.165) is 17.4 Å². The van der Waals surface area contributed by atoms with Crippen molar-refractivity contribution in [1.29, 1.82) is 5.26 Å². The van der Waals surface area contributed by atoms with Gasteiger partial charge in [0, 0.05) is 29.2 Å². The molecule has 2 heterocycles. The lowest BCUT2D eigenvalue weighted by Gasteiger charge is -2.06. The highest BCUT2D eigenvalue weighted by atomic mass is 35.5. The normalized spacial score (nSPS) is 10.3. The number of H-pyrrole nitrogens is 1. The number of benzene rings is 1. The van der Waals surface area contributed by atoms with Crippen LogP contribution in [-0.4, -0.2) is 33.5 Å². The van der Waals surface area contributed by atoms with E-state index in [4.69, 9.17) is 16.9 Å². The van der Waals surface area contributed by atoms with Crippen molar-refractivity contribution in [2.75, 3.05) is 23.7 Å². The summed E-state index contributed by atoms with van der Waals surface area (Å²) in [5.41, 5.74) is 2.35. The maximum absolute atomic E-state index is 8.95. The number of anilines is 2. The fourth-order valence-corrected chi connectivity index (χ4v) is 2.75. The SMILES string of the molecule is N#Cc1n[nH]nc1-c1csc(NCCNc2ccc(Cl)cc2)n1. The second-order valence-electron chi connectivity index (χ2n) is 4.53. The summed E-state index contributed by atoms with van der Waals surface area (Å²) < 4.78 is 0. The topological polar surface area (TPSA) is 102 Å². The largest absolute Gasteiger partial charge is 0.383 e. The van der Waals surface area contributed by atoms with Crippen molar-refractivity contribution >= 4 is 33.8 Å². The highest BCUT2D eigenvalue weighted by Gasteiger charge is 2.13. The smallest absolute Gasteiger partial charge is 0.192 e. The van der Waals surface area contributed by atoms with Gasteiger partial charge in [0.15, 0.2) is 10.8 Å². The van der Waals surface area contributed by atoms with Gasteiger partial charge in [0.05, 0.1) is 0 Å². The van der Waals surface area contributed by atoms with Crippen LogP contribution in [0.25, 0.3) is 11.4 Å². The first-order valence-electron chi connectivity index (χ1n) is 6.76. The van der Waals surface area contributed by atoms with Crippen molar-refractivity contribution in [2.45, 2.75) is 0 Å². The van der Waals surface area contributed by atoms with Gasteiger partial charge in [-0.2, -0.15) is 15.6 Å². The molecule has 116 valence electrons. The van der Waals surface area contributed by atoms with Crippen LogP contribution in [0.4, 0.5) is 10.8 Å². The van der Waals surface area contributed by atoms with E-state index in [1.807, 2.05) is 35.7 Å². The number of nitrogens with one attached hydrogen (secondary N) is 3. The zero-order valence-electron chi connectivity index (χ0n) is 11.9. The Hall–Kier alpha value is -2.63. The maximum Gasteiger partial charge on any atom is 0.192 e. The first kappa shape index (κ1) is 15.3. The first-order valence-corrected chi connectivity index (χ1v) is 8.02. The first-order chi connectivity index (χ1) is 11.3. The number of nitrogens with zero attached hydrogens (tertiary/aromatic N) is 4. The zero-order chi connectivity index (χ0) is 16.1. The lowest BCUT2D eigenvalue weighted by atomic mass is 10.3. The third-order valence-electron chi connectivity index (χ3n) is 2.98. The number of nitriles is 1. The third-order valence-corrected chi connectivity index (χ3v) is 4.03. The summed E-state index contributed by atoms with van der Waals surface area (Å²) in [4.78, 5) is 4.41. The minimum absolute atomic E-state index is 0.242. The van der Waals surface area contributed by atoms with Crippen LogP contribution in [0.5, 0.6) is 0 Å². The van der Waals surface area contributed by atoms with E-state index in [2.05, 4.69) is 31.0 Å². The van der Waals surface area contributed by atoms with Gasteiger partial charge in [0.2, 0.25) is 0 Å². The minimum Gasteiger partial charge on any atom is -0.383 e. The van der Waals surface area contributed by atoms with Gasteiger partial charge in [0.25, 0.3) is 0 Å². The Morgan fingerprint density at radius 1 is 1.17 bits per heavy atom. The molecule has 1 aromatic carbocycles. The van der Waals surface area contributed by atoms with E-state index >= 15 is 0 Å². The molecule has 9 heteroatoms. The number of hydrogen-bond acceptors (Lipinski definition) is 7. The zero-order valence-corrected chi connectivity index (χ0v) is 13.4. The Bertz CT molecular complexity index is 818. The van der Waals surface area contributed by atoms with E-state index in [-0.39, 0.29) is 5.69 Å². The van der Waals surface area contributed by atoms with Gasteiger partial charge in [-0.1, -0.05) is 11.6 Å². The Kier molecular flexibility index (Phi) is 4.71. The summed E-state index contributed by atoms with van der Waals surface area (Å²) in [6.07, 6.45) is 0. The van der Waals surface area contributed by atoms with Crippen molar-refractivity contribution < 1.29 is 0 Å². The monoisotopic (exact) mass is 345 g/mol. The van der Waals surface area contributed by atoms with Gasteiger partial charge in [-0.15, -0.1) is 16.4 Å². The van der Waals surface area contributed by atoms with Crippen molar-refractivity contribution in [3.8, 4) is 17.5 Å². The number of thiazole rings is 1. The average Bonchev–Trinajstić information content (AvgIpc) is 3.21. The summed E-state index contributed by atoms with van der Waals surface area (Å²) in [6.45, 7) is 1.45. The second-order valence-corrected chi connectivity index (χ2v) is 5.83. The number of aromatic amines is 1. The summed E-state index contributed by atoms with van der Waals surface area (Å²) in [5, 5.41) is 28.9. The number of hydrogen-bond donors (Lipinski definition) is 3. The second kappa shape index (κ2) is 7.09. The molecule has 0 spiro atoms. The van der Waals surface area contributed by atoms with Gasteiger partial charge in [-0.3, -0.25) is 0 Å². The van der Waals surface area contributed by atoms with E-state index < -0.39 is 0 Å². The molecule has 0 saturated heterocycles. The Balaban J connectivity index is 1.52. The molecular formula is C14H12ClN7S. The molecule has 0 unspecified atom stereocenters. The van der Waals surface area contributed by atoms with Crippen LogP contribution in [0.2, 0.25) is 5.02 Å². The fraction of sp³-hybridized carbons (Fsp3) is 0.143. The van der Waals surface area contributed by atoms with Gasteiger partial charge < -0.3 is 10.6 Å². The molecule has 3 rings (SSSR count). The summed E-state index contributed by atoms with van der Waals surface area (Å²) in [5.74, 6) is 0. The summed E-state index contributed by atoms with van der Waals surface area (Å²) >= 11 is 7.30. The molecule has 0 saturated carbocycles. The van der Waals surface area contributed by atoms with Crippen LogP contribution in [0.1, 0.15) is 5.69 Å². The molecule has 0 aliphatic heterocycles. The van der Waals surface area contributed by atoms with Gasteiger partial charge >= 0.3 is 0 Å². The highest BCUT2D eigenvalue weighted by molar-refractivity contribution is 7.14. The fourth-order valence-electron chi connectivity index (χ4n) is 1.90. The third kappa shape index (κ3) is 3.77. The molecule has 0 amide bonds. The average molecular weight is 346 g/mol. The molecule has 0 aliphatic rings. The van der Waals surface area contributed by atoms with E-state index in [1.54, 1.807) is 0 Å². The molecule has 0 aliphatic carbocycles. The molecule has 0 atom stereocenters. The highest BCUT2D eigenvalue weighted by Crippen LogP contribution is 2.24.